The average molecular weight is 356 g/mol. The molecule has 3 aromatic rings. The zero-order valence-corrected chi connectivity index (χ0v) is 15.7. The second-order valence-electron chi connectivity index (χ2n) is 6.30. The van der Waals surface area contributed by atoms with Crippen LogP contribution in [0.3, 0.4) is 0 Å². The van der Waals surface area contributed by atoms with Crippen molar-refractivity contribution in [1.29, 1.82) is 0 Å². The molecule has 0 saturated heterocycles. The van der Waals surface area contributed by atoms with Crippen LogP contribution >= 0.6 is 11.6 Å². The molecular formula is C20H22ClN3O. The fourth-order valence-electron chi connectivity index (χ4n) is 2.86. The Bertz CT molecular complexity index is 931. The quantitative estimate of drug-likeness (QED) is 0.682. The third kappa shape index (κ3) is 3.35. The van der Waals surface area contributed by atoms with Gasteiger partial charge in [0.2, 0.25) is 0 Å². The van der Waals surface area contributed by atoms with E-state index in [0.29, 0.717) is 11.8 Å². The van der Waals surface area contributed by atoms with E-state index >= 15 is 0 Å². The first-order chi connectivity index (χ1) is 11.9. The number of hydrogen-bond acceptors (Lipinski definition) is 3. The SMILES string of the molecule is Cc1cc(-c2nn(C)c(Cl)c2C)ccc1OCc1cccc(C)c1N. The molecule has 0 radical (unpaired) electrons. The third-order valence-corrected chi connectivity index (χ3v) is 4.97. The molecule has 5 heteroatoms. The summed E-state index contributed by atoms with van der Waals surface area (Å²) in [5, 5.41) is 5.15. The molecule has 130 valence electrons. The Morgan fingerprint density at radius 1 is 1.12 bits per heavy atom. The van der Waals surface area contributed by atoms with Crippen molar-refractivity contribution in [2.75, 3.05) is 5.73 Å². The van der Waals surface area contributed by atoms with Crippen LogP contribution in [0.2, 0.25) is 5.15 Å². The summed E-state index contributed by atoms with van der Waals surface area (Å²) in [6.07, 6.45) is 0. The van der Waals surface area contributed by atoms with Crippen molar-refractivity contribution < 1.29 is 4.74 Å². The van der Waals surface area contributed by atoms with Crippen LogP contribution in [0.4, 0.5) is 5.69 Å². The predicted molar refractivity (Wildman–Crippen MR) is 103 cm³/mol. The van der Waals surface area contributed by atoms with Gasteiger partial charge in [0.05, 0.1) is 5.69 Å². The lowest BCUT2D eigenvalue weighted by molar-refractivity contribution is 0.305. The number of hydrogen-bond donors (Lipinski definition) is 1. The van der Waals surface area contributed by atoms with Gasteiger partial charge in [0.1, 0.15) is 17.5 Å². The summed E-state index contributed by atoms with van der Waals surface area (Å²) in [6, 6.07) is 12.0. The van der Waals surface area contributed by atoms with Gasteiger partial charge in [0.25, 0.3) is 0 Å². The largest absolute Gasteiger partial charge is 0.489 e. The zero-order valence-electron chi connectivity index (χ0n) is 14.9. The van der Waals surface area contributed by atoms with Crippen molar-refractivity contribution in [2.24, 2.45) is 7.05 Å². The molecule has 0 aliphatic heterocycles. The Balaban J connectivity index is 1.83. The Kier molecular flexibility index (Phi) is 4.73. The van der Waals surface area contributed by atoms with Gasteiger partial charge in [0, 0.05) is 29.4 Å². The smallest absolute Gasteiger partial charge is 0.130 e. The molecule has 4 nitrogen and oxygen atoms in total. The Morgan fingerprint density at radius 3 is 2.52 bits per heavy atom. The van der Waals surface area contributed by atoms with E-state index in [4.69, 9.17) is 22.1 Å². The molecule has 1 heterocycles. The van der Waals surface area contributed by atoms with Gasteiger partial charge in [0.15, 0.2) is 0 Å². The number of anilines is 1. The van der Waals surface area contributed by atoms with Gasteiger partial charge in [-0.15, -0.1) is 0 Å². The molecule has 0 amide bonds. The Morgan fingerprint density at radius 2 is 1.88 bits per heavy atom. The van der Waals surface area contributed by atoms with Crippen LogP contribution in [0.1, 0.15) is 22.3 Å². The van der Waals surface area contributed by atoms with Crippen LogP contribution in [0.5, 0.6) is 5.75 Å². The van der Waals surface area contributed by atoms with E-state index in [0.717, 1.165) is 44.9 Å². The van der Waals surface area contributed by atoms with Crippen LogP contribution in [0.25, 0.3) is 11.3 Å². The number of nitrogen functional groups attached to an aromatic ring is 1. The molecule has 3 rings (SSSR count). The summed E-state index contributed by atoms with van der Waals surface area (Å²) < 4.78 is 7.66. The summed E-state index contributed by atoms with van der Waals surface area (Å²) >= 11 is 6.23. The molecule has 25 heavy (non-hydrogen) atoms. The number of nitrogens with two attached hydrogens (primary N) is 1. The van der Waals surface area contributed by atoms with Crippen molar-refractivity contribution in [3.8, 4) is 17.0 Å². The molecule has 0 fully saturated rings. The van der Waals surface area contributed by atoms with Crippen LogP contribution in [-0.4, -0.2) is 9.78 Å². The van der Waals surface area contributed by atoms with Gasteiger partial charge in [-0.1, -0.05) is 29.8 Å². The minimum Gasteiger partial charge on any atom is -0.489 e. The van der Waals surface area contributed by atoms with Gasteiger partial charge in [-0.2, -0.15) is 5.10 Å². The van der Waals surface area contributed by atoms with Crippen LogP contribution in [-0.2, 0) is 13.7 Å². The monoisotopic (exact) mass is 355 g/mol. The standard InChI is InChI=1S/C20H22ClN3O/c1-12-6-5-7-16(18(12)22)11-25-17-9-8-15(10-13(17)2)19-14(3)20(21)24(4)23-19/h5-10H,11,22H2,1-4H3. The number of benzene rings is 2. The molecule has 0 saturated carbocycles. The van der Waals surface area contributed by atoms with E-state index in [1.165, 1.54) is 0 Å². The summed E-state index contributed by atoms with van der Waals surface area (Å²) in [5.74, 6) is 0.837. The highest BCUT2D eigenvalue weighted by Crippen LogP contribution is 2.31. The molecule has 0 atom stereocenters. The van der Waals surface area contributed by atoms with E-state index < -0.39 is 0 Å². The normalized spacial score (nSPS) is 10.9. The molecule has 2 N–H and O–H groups in total. The Labute approximate surface area is 153 Å². The average Bonchev–Trinajstić information content (AvgIpc) is 2.84. The molecule has 2 aromatic carbocycles. The lowest BCUT2D eigenvalue weighted by Crippen LogP contribution is -2.02. The molecular weight excluding hydrogens is 334 g/mol. The van der Waals surface area contributed by atoms with E-state index in [-0.39, 0.29) is 0 Å². The molecule has 0 bridgehead atoms. The van der Waals surface area contributed by atoms with E-state index in [1.54, 1.807) is 4.68 Å². The summed E-state index contributed by atoms with van der Waals surface area (Å²) in [7, 11) is 1.84. The van der Waals surface area contributed by atoms with Crippen LogP contribution < -0.4 is 10.5 Å². The van der Waals surface area contributed by atoms with Gasteiger partial charge in [-0.25, -0.2) is 0 Å². The molecule has 0 unspecified atom stereocenters. The lowest BCUT2D eigenvalue weighted by Gasteiger charge is -2.13. The maximum Gasteiger partial charge on any atom is 0.130 e. The fraction of sp³-hybridized carbons (Fsp3) is 0.250. The lowest BCUT2D eigenvalue weighted by atomic mass is 10.1. The second-order valence-corrected chi connectivity index (χ2v) is 6.66. The highest BCUT2D eigenvalue weighted by atomic mass is 35.5. The molecule has 0 aliphatic carbocycles. The number of aryl methyl sites for hydroxylation is 3. The summed E-state index contributed by atoms with van der Waals surface area (Å²) in [4.78, 5) is 0. The van der Waals surface area contributed by atoms with Gasteiger partial charge >= 0.3 is 0 Å². The first-order valence-corrected chi connectivity index (χ1v) is 8.53. The molecule has 1 aromatic heterocycles. The van der Waals surface area contributed by atoms with E-state index in [2.05, 4.69) is 11.2 Å². The predicted octanol–water partition coefficient (Wildman–Crippen LogP) is 4.83. The second kappa shape index (κ2) is 6.81. The van der Waals surface area contributed by atoms with E-state index in [1.807, 2.05) is 58.2 Å². The topological polar surface area (TPSA) is 53.1 Å². The van der Waals surface area contributed by atoms with Gasteiger partial charge < -0.3 is 10.5 Å². The number of nitrogens with zero attached hydrogens (tertiary/aromatic N) is 2. The maximum atomic E-state index is 6.23. The first-order valence-electron chi connectivity index (χ1n) is 8.15. The highest BCUT2D eigenvalue weighted by molar-refractivity contribution is 6.30. The zero-order chi connectivity index (χ0) is 18.1. The minimum atomic E-state index is 0.447. The van der Waals surface area contributed by atoms with E-state index in [9.17, 15) is 0 Å². The maximum absolute atomic E-state index is 6.23. The molecule has 0 spiro atoms. The van der Waals surface area contributed by atoms with Gasteiger partial charge in [-0.05, 0) is 50.1 Å². The number of halogens is 1. The van der Waals surface area contributed by atoms with Gasteiger partial charge in [-0.3, -0.25) is 4.68 Å². The van der Waals surface area contributed by atoms with Crippen molar-refractivity contribution in [2.45, 2.75) is 27.4 Å². The fourth-order valence-corrected chi connectivity index (χ4v) is 2.99. The van der Waals surface area contributed by atoms with Crippen molar-refractivity contribution >= 4 is 17.3 Å². The highest BCUT2D eigenvalue weighted by Gasteiger charge is 2.13. The van der Waals surface area contributed by atoms with Crippen LogP contribution in [0, 0.1) is 20.8 Å². The number of rotatable bonds is 4. The first kappa shape index (κ1) is 17.4. The van der Waals surface area contributed by atoms with Crippen LogP contribution in [0.15, 0.2) is 36.4 Å². The number of ether oxygens (including phenoxy) is 1. The van der Waals surface area contributed by atoms with Crippen molar-refractivity contribution in [3.63, 3.8) is 0 Å². The minimum absolute atomic E-state index is 0.447. The molecule has 0 aliphatic rings. The van der Waals surface area contributed by atoms with Crippen molar-refractivity contribution in [1.82, 2.24) is 9.78 Å². The third-order valence-electron chi connectivity index (χ3n) is 4.44. The number of para-hydroxylation sites is 1. The summed E-state index contributed by atoms with van der Waals surface area (Å²) in [5.41, 5.74) is 12.9. The number of aromatic nitrogens is 2. The van der Waals surface area contributed by atoms with Crippen molar-refractivity contribution in [3.05, 3.63) is 63.8 Å². The summed E-state index contributed by atoms with van der Waals surface area (Å²) in [6.45, 7) is 6.45. The Hall–Kier alpha value is -2.46.